The molecule has 0 radical (unpaired) electrons. The topological polar surface area (TPSA) is 95.7 Å². The number of nitrogens with zero attached hydrogens (tertiary/aromatic N) is 1. The Morgan fingerprint density at radius 3 is 1.85 bits per heavy atom. The predicted molar refractivity (Wildman–Crippen MR) is 93.2 cm³/mol. The van der Waals surface area contributed by atoms with Gasteiger partial charge >= 0.3 is 11.9 Å². The molecule has 0 amide bonds. The molecule has 0 saturated carbocycles. The van der Waals surface area contributed by atoms with Gasteiger partial charge in [0, 0.05) is 4.92 Å². The molecule has 0 spiro atoms. The normalized spacial score (nSPS) is 12.1. The average Bonchev–Trinajstić information content (AvgIpc) is 2.68. The molecule has 2 rings (SSSR count). The third-order valence-electron chi connectivity index (χ3n) is 4.30. The fourth-order valence-electron chi connectivity index (χ4n) is 3.15. The number of nitro groups is 1. The fraction of sp³-hybridized carbons (Fsp3) is 0.263. The van der Waals surface area contributed by atoms with Crippen molar-refractivity contribution in [3.63, 3.8) is 0 Å². The van der Waals surface area contributed by atoms with Crippen LogP contribution in [-0.4, -0.2) is 37.6 Å². The van der Waals surface area contributed by atoms with E-state index >= 15 is 0 Å². The second-order valence-corrected chi connectivity index (χ2v) is 5.64. The van der Waals surface area contributed by atoms with Gasteiger partial charge in [-0.25, -0.2) is 0 Å². The second kappa shape index (κ2) is 8.24. The van der Waals surface area contributed by atoms with Crippen LogP contribution in [-0.2, 0) is 24.5 Å². The summed E-state index contributed by atoms with van der Waals surface area (Å²) in [6, 6.07) is 16.5. The van der Waals surface area contributed by atoms with Crippen molar-refractivity contribution in [1.29, 1.82) is 0 Å². The molecular formula is C19H19NO6. The van der Waals surface area contributed by atoms with Crippen molar-refractivity contribution < 1.29 is 24.0 Å². The third-order valence-corrected chi connectivity index (χ3v) is 4.30. The molecule has 1 atom stereocenters. The number of benzene rings is 2. The number of ether oxygens (including phenoxy) is 2. The largest absolute Gasteiger partial charge is 0.468 e. The molecule has 0 N–H and O–H groups in total. The molecule has 0 aliphatic carbocycles. The van der Waals surface area contributed by atoms with Crippen molar-refractivity contribution in [3.05, 3.63) is 81.9 Å². The average molecular weight is 357 g/mol. The zero-order valence-corrected chi connectivity index (χ0v) is 14.5. The van der Waals surface area contributed by atoms with Crippen molar-refractivity contribution in [2.75, 3.05) is 20.8 Å². The van der Waals surface area contributed by atoms with Gasteiger partial charge in [0.2, 0.25) is 12.0 Å². The van der Waals surface area contributed by atoms with E-state index in [-0.39, 0.29) is 5.56 Å². The van der Waals surface area contributed by atoms with Crippen LogP contribution in [0.5, 0.6) is 0 Å². The summed E-state index contributed by atoms with van der Waals surface area (Å²) in [7, 11) is 2.27. The van der Waals surface area contributed by atoms with E-state index in [1.54, 1.807) is 60.7 Å². The highest BCUT2D eigenvalue weighted by molar-refractivity contribution is 6.07. The van der Waals surface area contributed by atoms with E-state index in [9.17, 15) is 19.7 Å². The van der Waals surface area contributed by atoms with E-state index in [1.807, 2.05) is 0 Å². The predicted octanol–water partition coefficient (Wildman–Crippen LogP) is 2.33. The first-order valence-electron chi connectivity index (χ1n) is 7.87. The van der Waals surface area contributed by atoms with Gasteiger partial charge in [0.05, 0.1) is 20.1 Å². The van der Waals surface area contributed by atoms with Crippen LogP contribution < -0.4 is 0 Å². The lowest BCUT2D eigenvalue weighted by Crippen LogP contribution is -2.52. The minimum Gasteiger partial charge on any atom is -0.468 e. The summed E-state index contributed by atoms with van der Waals surface area (Å²) in [4.78, 5) is 36.6. The number of hydrogen-bond donors (Lipinski definition) is 0. The Morgan fingerprint density at radius 2 is 1.42 bits per heavy atom. The summed E-state index contributed by atoms with van der Waals surface area (Å²) in [5.74, 6) is -2.93. The van der Waals surface area contributed by atoms with Crippen LogP contribution in [0.15, 0.2) is 60.7 Å². The fourth-order valence-corrected chi connectivity index (χ4v) is 3.15. The number of hydrogen-bond acceptors (Lipinski definition) is 6. The van der Waals surface area contributed by atoms with Crippen LogP contribution in [0, 0.1) is 10.1 Å². The quantitative estimate of drug-likeness (QED) is 0.327. The van der Waals surface area contributed by atoms with Crippen LogP contribution >= 0.6 is 0 Å². The maximum atomic E-state index is 12.9. The first-order valence-corrected chi connectivity index (χ1v) is 7.87. The minimum absolute atomic E-state index is 0.273. The molecule has 136 valence electrons. The van der Waals surface area contributed by atoms with E-state index in [0.717, 1.165) is 14.2 Å². The lowest BCUT2D eigenvalue weighted by molar-refractivity contribution is -0.484. The molecule has 2 aromatic carbocycles. The Balaban J connectivity index is 2.83. The number of esters is 2. The van der Waals surface area contributed by atoms with Gasteiger partial charge in [-0.2, -0.15) is 0 Å². The SMILES string of the molecule is COC(=O)C(C(=O)OC)(c1ccccc1)C(C[N+](=O)[O-])c1ccccc1. The van der Waals surface area contributed by atoms with Crippen LogP contribution in [0.3, 0.4) is 0 Å². The molecule has 0 aliphatic rings. The monoisotopic (exact) mass is 357 g/mol. The zero-order valence-electron chi connectivity index (χ0n) is 14.5. The van der Waals surface area contributed by atoms with E-state index in [1.165, 1.54) is 0 Å². The highest BCUT2D eigenvalue weighted by Gasteiger charge is 2.58. The number of carbonyl (C=O) groups is 2. The van der Waals surface area contributed by atoms with E-state index < -0.39 is 34.7 Å². The highest BCUT2D eigenvalue weighted by Crippen LogP contribution is 2.42. The van der Waals surface area contributed by atoms with Crippen LogP contribution in [0.25, 0.3) is 0 Å². The number of rotatable bonds is 7. The Kier molecular flexibility index (Phi) is 6.06. The van der Waals surface area contributed by atoms with Crippen molar-refractivity contribution in [2.24, 2.45) is 0 Å². The molecule has 1 unspecified atom stereocenters. The third kappa shape index (κ3) is 3.42. The van der Waals surface area contributed by atoms with Gasteiger partial charge in [0.1, 0.15) is 0 Å². The first kappa shape index (κ1) is 19.1. The lowest BCUT2D eigenvalue weighted by Gasteiger charge is -2.34. The molecule has 26 heavy (non-hydrogen) atoms. The van der Waals surface area contributed by atoms with Gasteiger partial charge in [-0.05, 0) is 11.1 Å². The van der Waals surface area contributed by atoms with Gasteiger partial charge in [-0.1, -0.05) is 60.7 Å². The van der Waals surface area contributed by atoms with Crippen LogP contribution in [0.1, 0.15) is 17.0 Å². The number of carbonyl (C=O) groups excluding carboxylic acids is 2. The van der Waals surface area contributed by atoms with E-state index in [0.29, 0.717) is 5.56 Å². The summed E-state index contributed by atoms with van der Waals surface area (Å²) in [5, 5.41) is 11.4. The maximum Gasteiger partial charge on any atom is 0.328 e. The Bertz CT molecular complexity index is 759. The van der Waals surface area contributed by atoms with Crippen LogP contribution in [0.2, 0.25) is 0 Å². The van der Waals surface area contributed by atoms with Gasteiger partial charge < -0.3 is 9.47 Å². The highest BCUT2D eigenvalue weighted by atomic mass is 16.6. The smallest absolute Gasteiger partial charge is 0.328 e. The molecule has 0 fully saturated rings. The van der Waals surface area contributed by atoms with Crippen molar-refractivity contribution >= 4 is 11.9 Å². The molecular weight excluding hydrogens is 338 g/mol. The summed E-state index contributed by atoms with van der Waals surface area (Å²) < 4.78 is 9.83. The molecule has 0 bridgehead atoms. The lowest BCUT2D eigenvalue weighted by atomic mass is 9.67. The maximum absolute atomic E-state index is 12.9. The Labute approximate surface area is 150 Å². The van der Waals surface area contributed by atoms with Crippen LogP contribution in [0.4, 0.5) is 0 Å². The molecule has 0 aromatic heterocycles. The van der Waals surface area contributed by atoms with Gasteiger partial charge in [-0.15, -0.1) is 0 Å². The Morgan fingerprint density at radius 1 is 0.962 bits per heavy atom. The van der Waals surface area contributed by atoms with Gasteiger partial charge in [-0.3, -0.25) is 19.7 Å². The standard InChI is InChI=1S/C19H19NO6/c1-25-17(21)19(18(22)26-2,15-11-7-4-8-12-15)16(13-20(23)24)14-9-5-3-6-10-14/h3-12,16H,13H2,1-2H3. The van der Waals surface area contributed by atoms with Crippen molar-refractivity contribution in [2.45, 2.75) is 11.3 Å². The molecule has 2 aromatic rings. The minimum atomic E-state index is -2.00. The summed E-state index contributed by atoms with van der Waals surface area (Å²) in [5.41, 5.74) is -1.27. The summed E-state index contributed by atoms with van der Waals surface area (Å²) >= 11 is 0. The van der Waals surface area contributed by atoms with Gasteiger partial charge in [0.25, 0.3) is 0 Å². The van der Waals surface area contributed by atoms with Gasteiger partial charge in [0.15, 0.2) is 0 Å². The molecule has 0 saturated heterocycles. The number of methoxy groups -OCH3 is 2. The van der Waals surface area contributed by atoms with Crippen molar-refractivity contribution in [1.82, 2.24) is 0 Å². The molecule has 7 heteroatoms. The van der Waals surface area contributed by atoms with E-state index in [4.69, 9.17) is 9.47 Å². The molecule has 0 aliphatic heterocycles. The summed E-state index contributed by atoms with van der Waals surface area (Å²) in [6.45, 7) is -0.650. The second-order valence-electron chi connectivity index (χ2n) is 5.64. The first-order chi connectivity index (χ1) is 12.5. The zero-order chi connectivity index (χ0) is 19.2. The van der Waals surface area contributed by atoms with E-state index in [2.05, 4.69) is 0 Å². The molecule has 7 nitrogen and oxygen atoms in total. The summed E-state index contributed by atoms with van der Waals surface area (Å²) in [6.07, 6.45) is 0. The Hall–Kier alpha value is -3.22. The molecule has 0 heterocycles. The van der Waals surface area contributed by atoms with Crippen molar-refractivity contribution in [3.8, 4) is 0 Å².